The lowest BCUT2D eigenvalue weighted by Crippen LogP contribution is -2.57. The van der Waals surface area contributed by atoms with Crippen molar-refractivity contribution in [3.8, 4) is 0 Å². The second-order valence-electron chi connectivity index (χ2n) is 14.4. The summed E-state index contributed by atoms with van der Waals surface area (Å²) in [6.45, 7) is 18.5. The van der Waals surface area contributed by atoms with Crippen LogP contribution in [0.5, 0.6) is 0 Å². The Morgan fingerprint density at radius 3 is 2.25 bits per heavy atom. The molecule has 2 spiro atoms. The summed E-state index contributed by atoms with van der Waals surface area (Å²) in [5, 5.41) is 21.9. The van der Waals surface area contributed by atoms with E-state index in [0.717, 1.165) is 25.2 Å². The molecule has 0 aromatic rings. The summed E-state index contributed by atoms with van der Waals surface area (Å²) in [4.78, 5) is 0. The maximum Gasteiger partial charge on any atom is 0.0594 e. The van der Waals surface area contributed by atoms with Gasteiger partial charge in [-0.2, -0.15) is 0 Å². The second kappa shape index (κ2) is 7.09. The van der Waals surface area contributed by atoms with E-state index in [1.807, 2.05) is 0 Å². The minimum absolute atomic E-state index is 0.0779. The van der Waals surface area contributed by atoms with Crippen LogP contribution < -0.4 is 0 Å². The minimum atomic E-state index is -0.199. The molecular weight excluding hydrogens is 392 g/mol. The molecule has 0 saturated heterocycles. The summed E-state index contributed by atoms with van der Waals surface area (Å²) >= 11 is 0. The van der Waals surface area contributed by atoms with E-state index in [1.54, 1.807) is 0 Å². The zero-order chi connectivity index (χ0) is 23.3. The molecular formula is C30H50O2. The Balaban J connectivity index is 1.41. The van der Waals surface area contributed by atoms with Crippen molar-refractivity contribution < 1.29 is 10.2 Å². The Kier molecular flexibility index (Phi) is 5.19. The lowest BCUT2D eigenvalue weighted by Gasteiger charge is -2.63. The fourth-order valence-electron chi connectivity index (χ4n) is 11.2. The highest BCUT2D eigenvalue weighted by atomic mass is 16.3. The lowest BCUT2D eigenvalue weighted by molar-refractivity contribution is -0.164. The van der Waals surface area contributed by atoms with Gasteiger partial charge in [-0.3, -0.25) is 0 Å². The van der Waals surface area contributed by atoms with Gasteiger partial charge in [0.2, 0.25) is 0 Å². The van der Waals surface area contributed by atoms with E-state index < -0.39 is 0 Å². The van der Waals surface area contributed by atoms with Gasteiger partial charge in [-0.15, -0.1) is 6.58 Å². The quantitative estimate of drug-likeness (QED) is 0.444. The maximum atomic E-state index is 11.1. The monoisotopic (exact) mass is 442 g/mol. The smallest absolute Gasteiger partial charge is 0.0594 e. The van der Waals surface area contributed by atoms with Gasteiger partial charge >= 0.3 is 0 Å². The van der Waals surface area contributed by atoms with E-state index in [2.05, 4.69) is 48.1 Å². The molecule has 0 amide bonds. The van der Waals surface area contributed by atoms with Crippen molar-refractivity contribution in [2.75, 3.05) is 0 Å². The third kappa shape index (κ3) is 2.72. The largest absolute Gasteiger partial charge is 0.393 e. The minimum Gasteiger partial charge on any atom is -0.393 e. The van der Waals surface area contributed by atoms with Gasteiger partial charge < -0.3 is 10.2 Å². The van der Waals surface area contributed by atoms with Crippen LogP contribution in [-0.4, -0.2) is 22.4 Å². The number of fused-ring (bicyclic) bond motifs is 2. The molecule has 0 bridgehead atoms. The van der Waals surface area contributed by atoms with E-state index in [1.165, 1.54) is 56.9 Å². The first kappa shape index (κ1) is 23.4. The summed E-state index contributed by atoms with van der Waals surface area (Å²) in [7, 11) is 0. The summed E-state index contributed by atoms with van der Waals surface area (Å²) < 4.78 is 0. The third-order valence-electron chi connectivity index (χ3n) is 13.3. The number of aliphatic hydroxyl groups is 2. The molecule has 0 heterocycles. The second-order valence-corrected chi connectivity index (χ2v) is 14.4. The number of rotatable bonds is 5. The zero-order valence-corrected chi connectivity index (χ0v) is 21.8. The molecule has 5 aliphatic carbocycles. The highest BCUT2D eigenvalue weighted by Gasteiger charge is 2.82. The van der Waals surface area contributed by atoms with Crippen molar-refractivity contribution in [2.45, 2.75) is 124 Å². The predicted molar refractivity (Wildman–Crippen MR) is 132 cm³/mol. The average Bonchev–Trinajstić information content (AvgIpc) is 3.31. The summed E-state index contributed by atoms with van der Waals surface area (Å²) in [6.07, 6.45) is 13.3. The van der Waals surface area contributed by atoms with Crippen LogP contribution in [-0.2, 0) is 0 Å². The molecule has 2 heteroatoms. The Bertz CT molecular complexity index is 786. The molecule has 0 radical (unpaired) electrons. The molecule has 5 fully saturated rings. The molecule has 10 atom stereocenters. The first-order valence-corrected chi connectivity index (χ1v) is 13.9. The normalized spacial score (nSPS) is 52.8. The highest BCUT2D eigenvalue weighted by Crippen LogP contribution is 2.89. The van der Waals surface area contributed by atoms with Crippen LogP contribution in [0.15, 0.2) is 12.2 Å². The van der Waals surface area contributed by atoms with Crippen LogP contribution in [0.1, 0.15) is 112 Å². The molecule has 5 aliphatic rings. The van der Waals surface area contributed by atoms with Crippen molar-refractivity contribution in [3.63, 3.8) is 0 Å². The van der Waals surface area contributed by atoms with Crippen LogP contribution in [0.4, 0.5) is 0 Å². The van der Waals surface area contributed by atoms with Gasteiger partial charge in [-0.1, -0.05) is 40.2 Å². The molecule has 0 aromatic heterocycles. The summed E-state index contributed by atoms with van der Waals surface area (Å²) in [5.74, 6) is 2.58. The zero-order valence-electron chi connectivity index (χ0n) is 21.8. The van der Waals surface area contributed by atoms with Gasteiger partial charge in [0, 0.05) is 0 Å². The van der Waals surface area contributed by atoms with E-state index in [-0.39, 0.29) is 17.6 Å². The van der Waals surface area contributed by atoms with Crippen LogP contribution in [0, 0.1) is 50.7 Å². The standard InChI is InChI=1S/C30H50O2/c1-19(2)8-9-22(31)20(3)21-12-14-28(7)24-11-10-23-26(4,5)25(32)13-15-29(23)18-30(24,29)17-16-27(21,28)6/h20-25,31-32H,1,8-18H2,2-7H3/t20-,21+,22+,23-,24-,25-,27+,28-,29+,30-/m0/s1. The van der Waals surface area contributed by atoms with Crippen molar-refractivity contribution in [2.24, 2.45) is 50.7 Å². The fraction of sp³-hybridized carbons (Fsp3) is 0.933. The van der Waals surface area contributed by atoms with Gasteiger partial charge in [-0.25, -0.2) is 0 Å². The first-order valence-electron chi connectivity index (χ1n) is 13.9. The van der Waals surface area contributed by atoms with Gasteiger partial charge in [0.25, 0.3) is 0 Å². The van der Waals surface area contributed by atoms with Crippen molar-refractivity contribution in [1.29, 1.82) is 0 Å². The molecule has 2 nitrogen and oxygen atoms in total. The first-order chi connectivity index (χ1) is 14.9. The maximum absolute atomic E-state index is 11.1. The van der Waals surface area contributed by atoms with Crippen molar-refractivity contribution in [1.82, 2.24) is 0 Å². The molecule has 182 valence electrons. The topological polar surface area (TPSA) is 40.5 Å². The van der Waals surface area contributed by atoms with Crippen LogP contribution in [0.25, 0.3) is 0 Å². The van der Waals surface area contributed by atoms with E-state index in [0.29, 0.717) is 39.4 Å². The van der Waals surface area contributed by atoms with E-state index in [9.17, 15) is 10.2 Å². The van der Waals surface area contributed by atoms with E-state index >= 15 is 0 Å². The van der Waals surface area contributed by atoms with Gasteiger partial charge in [0.15, 0.2) is 0 Å². The molecule has 2 N–H and O–H groups in total. The van der Waals surface area contributed by atoms with Crippen LogP contribution >= 0.6 is 0 Å². The Labute approximate surface area is 197 Å². The molecule has 32 heavy (non-hydrogen) atoms. The fourth-order valence-corrected chi connectivity index (χ4v) is 11.2. The van der Waals surface area contributed by atoms with Crippen molar-refractivity contribution in [3.05, 3.63) is 12.2 Å². The van der Waals surface area contributed by atoms with Crippen LogP contribution in [0.2, 0.25) is 0 Å². The molecule has 5 saturated carbocycles. The third-order valence-corrected chi connectivity index (χ3v) is 13.3. The number of allylic oxidation sites excluding steroid dienone is 1. The lowest BCUT2D eigenvalue weighted by atomic mass is 9.41. The van der Waals surface area contributed by atoms with Gasteiger partial charge in [-0.05, 0) is 128 Å². The molecule has 0 aromatic carbocycles. The van der Waals surface area contributed by atoms with Gasteiger partial charge in [0.1, 0.15) is 0 Å². The molecule has 0 unspecified atom stereocenters. The summed E-state index contributed by atoms with van der Waals surface area (Å²) in [6, 6.07) is 0. The molecule has 5 rings (SSSR count). The Morgan fingerprint density at radius 1 is 0.906 bits per heavy atom. The Morgan fingerprint density at radius 2 is 1.56 bits per heavy atom. The van der Waals surface area contributed by atoms with E-state index in [4.69, 9.17) is 0 Å². The molecule has 0 aliphatic heterocycles. The van der Waals surface area contributed by atoms with Crippen LogP contribution in [0.3, 0.4) is 0 Å². The SMILES string of the molecule is C=C(C)CC[C@@H](O)[C@@H](C)[C@H]1CC[C@@]2(C)[C@@H]3CC[C@H]4C(C)(C)[C@@H](O)CC[C@@]45C[C@@]35CC[C@]12C. The summed E-state index contributed by atoms with van der Waals surface area (Å²) in [5.41, 5.74) is 3.11. The number of hydrogen-bond donors (Lipinski definition) is 2. The van der Waals surface area contributed by atoms with Crippen molar-refractivity contribution >= 4 is 0 Å². The number of aliphatic hydroxyl groups excluding tert-OH is 2. The van der Waals surface area contributed by atoms with Gasteiger partial charge in [0.05, 0.1) is 12.2 Å². The highest BCUT2D eigenvalue weighted by molar-refractivity contribution is 5.30. The Hall–Kier alpha value is -0.340. The number of hydrogen-bond acceptors (Lipinski definition) is 2. The predicted octanol–water partition coefficient (Wildman–Crippen LogP) is 7.14. The average molecular weight is 443 g/mol.